The van der Waals surface area contributed by atoms with E-state index in [-0.39, 0.29) is 0 Å². The molecule has 0 aliphatic heterocycles. The number of hydrogen-bond donors (Lipinski definition) is 1. The molecule has 2 N–H and O–H groups in total. The Hall–Kier alpha value is -1.43. The lowest BCUT2D eigenvalue weighted by Crippen LogP contribution is -1.93. The van der Waals surface area contributed by atoms with Crippen molar-refractivity contribution in [2.24, 2.45) is 7.05 Å². The molecule has 0 saturated heterocycles. The minimum absolute atomic E-state index is 0.453. The number of aryl methyl sites for hydroxylation is 1. The van der Waals surface area contributed by atoms with Gasteiger partial charge in [0.25, 0.3) is 0 Å². The Morgan fingerprint density at radius 3 is 2.93 bits per heavy atom. The summed E-state index contributed by atoms with van der Waals surface area (Å²) in [5.74, 6) is 0.453. The number of nitrogens with zero attached hydrogens (tertiary/aromatic N) is 4. The number of rotatable bonds is 1. The van der Waals surface area contributed by atoms with Crippen molar-refractivity contribution in [1.29, 1.82) is 0 Å². The van der Waals surface area contributed by atoms with E-state index < -0.39 is 0 Å². The third kappa shape index (κ3) is 1.60. The topological polar surface area (TPSA) is 69.6 Å². The molecule has 5 nitrogen and oxygen atoms in total. The molecule has 0 atom stereocenters. The molecule has 6 heteroatoms. The molecule has 2 rings (SSSR count). The molecule has 2 heterocycles. The number of nitrogen functional groups attached to an aromatic ring is 1. The van der Waals surface area contributed by atoms with E-state index in [2.05, 4.69) is 31.2 Å². The first-order valence-electron chi connectivity index (χ1n) is 3.94. The monoisotopic (exact) mass is 253 g/mol. The Morgan fingerprint density at radius 1 is 1.50 bits per heavy atom. The normalized spacial score (nSPS) is 10.4. The van der Waals surface area contributed by atoms with Crippen molar-refractivity contribution in [2.75, 3.05) is 5.73 Å². The van der Waals surface area contributed by atoms with Crippen LogP contribution in [0.5, 0.6) is 0 Å². The SMILES string of the molecule is Cn1cc(-c2cc(Br)cnc2N)nn1. The van der Waals surface area contributed by atoms with Crippen LogP contribution >= 0.6 is 15.9 Å². The Balaban J connectivity index is 2.55. The average Bonchev–Trinajstić information content (AvgIpc) is 2.56. The highest BCUT2D eigenvalue weighted by atomic mass is 79.9. The Bertz CT molecular complexity index is 465. The summed E-state index contributed by atoms with van der Waals surface area (Å²) in [5.41, 5.74) is 7.23. The molecule has 0 unspecified atom stereocenters. The molecule has 0 aliphatic carbocycles. The van der Waals surface area contributed by atoms with Crippen LogP contribution < -0.4 is 5.73 Å². The van der Waals surface area contributed by atoms with E-state index in [9.17, 15) is 0 Å². The quantitative estimate of drug-likeness (QED) is 0.830. The molecular formula is C8H8BrN5. The molecule has 14 heavy (non-hydrogen) atoms. The number of nitrogens with two attached hydrogens (primary N) is 1. The van der Waals surface area contributed by atoms with Gasteiger partial charge >= 0.3 is 0 Å². The standard InChI is InChI=1S/C8H8BrN5/c1-14-4-7(12-13-14)6-2-5(9)3-11-8(6)10/h2-4H,1H3,(H2,10,11). The molecule has 0 aliphatic rings. The van der Waals surface area contributed by atoms with Crippen LogP contribution in [0.2, 0.25) is 0 Å². The molecule has 0 bridgehead atoms. The van der Waals surface area contributed by atoms with Crippen LogP contribution in [0.25, 0.3) is 11.3 Å². The fourth-order valence-corrected chi connectivity index (χ4v) is 1.46. The van der Waals surface area contributed by atoms with E-state index in [0.717, 1.165) is 15.7 Å². The first-order valence-corrected chi connectivity index (χ1v) is 4.74. The maximum atomic E-state index is 5.72. The van der Waals surface area contributed by atoms with Crippen LogP contribution in [0.1, 0.15) is 0 Å². The summed E-state index contributed by atoms with van der Waals surface area (Å²) >= 11 is 3.33. The van der Waals surface area contributed by atoms with E-state index in [1.54, 1.807) is 24.1 Å². The van der Waals surface area contributed by atoms with Gasteiger partial charge in [-0.3, -0.25) is 4.68 Å². The molecular weight excluding hydrogens is 246 g/mol. The van der Waals surface area contributed by atoms with Gasteiger partial charge in [0, 0.05) is 23.3 Å². The summed E-state index contributed by atoms with van der Waals surface area (Å²) in [6, 6.07) is 1.87. The second-order valence-corrected chi connectivity index (χ2v) is 3.78. The minimum atomic E-state index is 0.453. The predicted octanol–water partition coefficient (Wildman–Crippen LogP) is 1.22. The van der Waals surface area contributed by atoms with Crippen LogP contribution in [-0.4, -0.2) is 20.0 Å². The fourth-order valence-electron chi connectivity index (χ4n) is 1.13. The number of hydrogen-bond acceptors (Lipinski definition) is 4. The zero-order valence-corrected chi connectivity index (χ0v) is 9.06. The second-order valence-electron chi connectivity index (χ2n) is 2.86. The number of anilines is 1. The summed E-state index contributed by atoms with van der Waals surface area (Å²) < 4.78 is 2.49. The Labute approximate surface area is 89.1 Å². The van der Waals surface area contributed by atoms with E-state index in [0.29, 0.717) is 5.82 Å². The summed E-state index contributed by atoms with van der Waals surface area (Å²) in [6.07, 6.45) is 3.44. The lowest BCUT2D eigenvalue weighted by Gasteiger charge is -2.00. The van der Waals surface area contributed by atoms with Crippen molar-refractivity contribution in [2.45, 2.75) is 0 Å². The summed E-state index contributed by atoms with van der Waals surface area (Å²) in [7, 11) is 1.80. The van der Waals surface area contributed by atoms with Crippen LogP contribution in [0.3, 0.4) is 0 Å². The number of halogens is 1. The lowest BCUT2D eigenvalue weighted by molar-refractivity contribution is 0.715. The number of pyridine rings is 1. The van der Waals surface area contributed by atoms with Crippen molar-refractivity contribution in [3.05, 3.63) is 22.9 Å². The second kappa shape index (κ2) is 3.38. The van der Waals surface area contributed by atoms with Gasteiger partial charge in [0.1, 0.15) is 11.5 Å². The van der Waals surface area contributed by atoms with E-state index in [1.165, 1.54) is 0 Å². The Kier molecular flexibility index (Phi) is 2.20. The molecule has 72 valence electrons. The van der Waals surface area contributed by atoms with Gasteiger partial charge in [-0.1, -0.05) is 5.21 Å². The fraction of sp³-hybridized carbons (Fsp3) is 0.125. The maximum Gasteiger partial charge on any atom is 0.133 e. The van der Waals surface area contributed by atoms with Crippen molar-refractivity contribution in [3.8, 4) is 11.3 Å². The van der Waals surface area contributed by atoms with Crippen molar-refractivity contribution < 1.29 is 0 Å². The highest BCUT2D eigenvalue weighted by Crippen LogP contribution is 2.24. The third-order valence-electron chi connectivity index (χ3n) is 1.76. The van der Waals surface area contributed by atoms with E-state index in [4.69, 9.17) is 5.73 Å². The maximum absolute atomic E-state index is 5.72. The smallest absolute Gasteiger partial charge is 0.133 e. The molecule has 2 aromatic heterocycles. The van der Waals surface area contributed by atoms with Crippen LogP contribution in [0, 0.1) is 0 Å². The molecule has 0 amide bonds. The van der Waals surface area contributed by atoms with Crippen LogP contribution in [-0.2, 0) is 7.05 Å². The molecule has 0 spiro atoms. The van der Waals surface area contributed by atoms with Crippen molar-refractivity contribution >= 4 is 21.7 Å². The van der Waals surface area contributed by atoms with Gasteiger partial charge in [-0.15, -0.1) is 5.10 Å². The third-order valence-corrected chi connectivity index (χ3v) is 2.20. The van der Waals surface area contributed by atoms with Gasteiger partial charge in [-0.05, 0) is 22.0 Å². The first-order chi connectivity index (χ1) is 6.66. The van der Waals surface area contributed by atoms with Gasteiger partial charge in [-0.25, -0.2) is 4.98 Å². The van der Waals surface area contributed by atoms with Crippen molar-refractivity contribution in [3.63, 3.8) is 0 Å². The van der Waals surface area contributed by atoms with Gasteiger partial charge in [-0.2, -0.15) is 0 Å². The van der Waals surface area contributed by atoms with Crippen LogP contribution in [0.15, 0.2) is 22.9 Å². The van der Waals surface area contributed by atoms with Gasteiger partial charge in [0.05, 0.1) is 6.20 Å². The predicted molar refractivity (Wildman–Crippen MR) is 56.3 cm³/mol. The first kappa shape index (κ1) is 9.14. The minimum Gasteiger partial charge on any atom is -0.383 e. The summed E-state index contributed by atoms with van der Waals surface area (Å²) in [6.45, 7) is 0. The molecule has 0 fully saturated rings. The zero-order chi connectivity index (χ0) is 10.1. The lowest BCUT2D eigenvalue weighted by atomic mass is 10.2. The zero-order valence-electron chi connectivity index (χ0n) is 7.48. The molecule has 2 aromatic rings. The largest absolute Gasteiger partial charge is 0.383 e. The molecule has 0 radical (unpaired) electrons. The summed E-state index contributed by atoms with van der Waals surface area (Å²) in [4.78, 5) is 4.02. The molecule has 0 saturated carbocycles. The van der Waals surface area contributed by atoms with Gasteiger partial charge in [0.2, 0.25) is 0 Å². The van der Waals surface area contributed by atoms with Crippen LogP contribution in [0.4, 0.5) is 5.82 Å². The van der Waals surface area contributed by atoms with E-state index in [1.807, 2.05) is 6.07 Å². The van der Waals surface area contributed by atoms with E-state index >= 15 is 0 Å². The summed E-state index contributed by atoms with van der Waals surface area (Å²) in [5, 5.41) is 7.79. The Morgan fingerprint density at radius 2 is 2.29 bits per heavy atom. The average molecular weight is 254 g/mol. The highest BCUT2D eigenvalue weighted by Gasteiger charge is 2.07. The van der Waals surface area contributed by atoms with Gasteiger partial charge in [0.15, 0.2) is 0 Å². The number of aromatic nitrogens is 4. The highest BCUT2D eigenvalue weighted by molar-refractivity contribution is 9.10. The van der Waals surface area contributed by atoms with Crippen molar-refractivity contribution in [1.82, 2.24) is 20.0 Å². The molecule has 0 aromatic carbocycles. The van der Waals surface area contributed by atoms with Gasteiger partial charge < -0.3 is 5.73 Å².